The highest BCUT2D eigenvalue weighted by molar-refractivity contribution is 6.33. The second kappa shape index (κ2) is 12.1. The van der Waals surface area contributed by atoms with Crippen LogP contribution in [0.2, 0.25) is 5.02 Å². The number of hydrazine groups is 1. The average molecular weight is 470 g/mol. The lowest BCUT2D eigenvalue weighted by molar-refractivity contribution is 0.0971. The van der Waals surface area contributed by atoms with Gasteiger partial charge < -0.3 is 4.90 Å². The number of nitrogens with one attached hydrogen (secondary N) is 1. The van der Waals surface area contributed by atoms with E-state index < -0.39 is 0 Å². The first-order valence-electron chi connectivity index (χ1n) is 11.5. The quantitative estimate of drug-likeness (QED) is 0.563. The van der Waals surface area contributed by atoms with Gasteiger partial charge in [0.2, 0.25) is 5.82 Å². The van der Waals surface area contributed by atoms with E-state index in [0.29, 0.717) is 12.1 Å². The van der Waals surface area contributed by atoms with Crippen LogP contribution in [0.4, 0.5) is 5.82 Å². The molecule has 1 aliphatic heterocycles. The van der Waals surface area contributed by atoms with Gasteiger partial charge in [0, 0.05) is 44.8 Å². The lowest BCUT2D eigenvalue weighted by Gasteiger charge is -2.34. The van der Waals surface area contributed by atoms with Crippen molar-refractivity contribution in [3.05, 3.63) is 52.4 Å². The minimum atomic E-state index is -0.283. The summed E-state index contributed by atoms with van der Waals surface area (Å²) in [6.45, 7) is 13.0. The molecule has 1 aromatic heterocycles. The van der Waals surface area contributed by atoms with E-state index in [1.165, 1.54) is 17.6 Å². The molecule has 33 heavy (non-hydrogen) atoms. The Morgan fingerprint density at radius 1 is 1.27 bits per heavy atom. The van der Waals surface area contributed by atoms with E-state index in [1.54, 1.807) is 6.07 Å². The molecule has 1 saturated heterocycles. The maximum absolute atomic E-state index is 13.5. The molecule has 176 valence electrons. The third-order valence-corrected chi connectivity index (χ3v) is 5.75. The standard InChI is InChI=1S/C24H32ClN7O/c1-4-8-30-9-11-31(12-10-30)17-19-6-5-7-20(13-19)24(33)32(28-15-18(2)3)23-21(25)16-27-22(14-26)29-23/h5-7,13,16,18,28H,4,8-12,15,17H2,1-3H3. The van der Waals surface area contributed by atoms with Crippen LogP contribution in [-0.2, 0) is 6.54 Å². The maximum atomic E-state index is 13.5. The zero-order valence-corrected chi connectivity index (χ0v) is 20.3. The van der Waals surface area contributed by atoms with Gasteiger partial charge >= 0.3 is 0 Å². The van der Waals surface area contributed by atoms with Gasteiger partial charge in [-0.05, 0) is 36.6 Å². The van der Waals surface area contributed by atoms with Crippen LogP contribution in [0.1, 0.15) is 48.9 Å². The molecule has 2 aromatic rings. The number of carbonyl (C=O) groups excluding carboxylic acids is 1. The zero-order chi connectivity index (χ0) is 23.8. The van der Waals surface area contributed by atoms with Gasteiger partial charge in [0.1, 0.15) is 11.1 Å². The summed E-state index contributed by atoms with van der Waals surface area (Å²) in [5.74, 6) is 0.129. The van der Waals surface area contributed by atoms with Crippen molar-refractivity contribution in [3.63, 3.8) is 0 Å². The van der Waals surface area contributed by atoms with E-state index in [-0.39, 0.29) is 28.5 Å². The Labute approximate surface area is 201 Å². The van der Waals surface area contributed by atoms with Crippen LogP contribution in [0.3, 0.4) is 0 Å². The van der Waals surface area contributed by atoms with Crippen molar-refractivity contribution >= 4 is 23.3 Å². The normalized spacial score (nSPS) is 14.9. The van der Waals surface area contributed by atoms with E-state index >= 15 is 0 Å². The van der Waals surface area contributed by atoms with Crippen LogP contribution < -0.4 is 10.4 Å². The molecule has 1 N–H and O–H groups in total. The van der Waals surface area contributed by atoms with Crippen LogP contribution in [0.5, 0.6) is 0 Å². The Morgan fingerprint density at radius 3 is 2.67 bits per heavy atom. The van der Waals surface area contributed by atoms with E-state index in [4.69, 9.17) is 11.6 Å². The Balaban J connectivity index is 1.78. The van der Waals surface area contributed by atoms with Gasteiger partial charge in [-0.1, -0.05) is 44.5 Å². The minimum Gasteiger partial charge on any atom is -0.301 e. The number of halogens is 1. The zero-order valence-electron chi connectivity index (χ0n) is 19.6. The predicted octanol–water partition coefficient (Wildman–Crippen LogP) is 3.34. The number of nitrogens with zero attached hydrogens (tertiary/aromatic N) is 6. The SMILES string of the molecule is CCCN1CCN(Cc2cccc(C(=O)N(NCC(C)C)c3nc(C#N)ncc3Cl)c2)CC1. The fourth-order valence-electron chi connectivity index (χ4n) is 3.76. The number of hydrogen-bond donors (Lipinski definition) is 1. The van der Waals surface area contributed by atoms with Crippen molar-refractivity contribution in [2.24, 2.45) is 5.92 Å². The molecule has 0 saturated carbocycles. The van der Waals surface area contributed by atoms with Crippen LogP contribution in [-0.4, -0.2) is 64.9 Å². The van der Waals surface area contributed by atoms with E-state index in [0.717, 1.165) is 44.8 Å². The Morgan fingerprint density at radius 2 is 2.00 bits per heavy atom. The summed E-state index contributed by atoms with van der Waals surface area (Å²) < 4.78 is 0. The number of carbonyl (C=O) groups is 1. The lowest BCUT2D eigenvalue weighted by atomic mass is 10.1. The second-order valence-corrected chi connectivity index (χ2v) is 9.10. The number of nitriles is 1. The molecule has 1 aromatic carbocycles. The van der Waals surface area contributed by atoms with Gasteiger partial charge in [0.15, 0.2) is 5.82 Å². The fourth-order valence-corrected chi connectivity index (χ4v) is 3.94. The fraction of sp³-hybridized carbons (Fsp3) is 0.500. The number of anilines is 1. The molecule has 0 aliphatic carbocycles. The summed E-state index contributed by atoms with van der Waals surface area (Å²) in [7, 11) is 0. The van der Waals surface area contributed by atoms with Gasteiger partial charge in [0.25, 0.3) is 5.91 Å². The number of benzene rings is 1. The molecule has 0 radical (unpaired) electrons. The van der Waals surface area contributed by atoms with Crippen molar-refractivity contribution in [2.45, 2.75) is 33.7 Å². The smallest absolute Gasteiger partial charge is 0.274 e. The summed E-state index contributed by atoms with van der Waals surface area (Å²) in [4.78, 5) is 26.5. The van der Waals surface area contributed by atoms with E-state index in [2.05, 4.69) is 32.1 Å². The topological polar surface area (TPSA) is 88.4 Å². The third kappa shape index (κ3) is 6.95. The number of rotatable bonds is 9. The van der Waals surface area contributed by atoms with Crippen LogP contribution >= 0.6 is 11.6 Å². The van der Waals surface area contributed by atoms with E-state index in [1.807, 2.05) is 38.1 Å². The molecule has 1 amide bonds. The molecule has 0 bridgehead atoms. The predicted molar refractivity (Wildman–Crippen MR) is 130 cm³/mol. The Kier molecular flexibility index (Phi) is 9.15. The van der Waals surface area contributed by atoms with Crippen LogP contribution in [0.25, 0.3) is 0 Å². The monoisotopic (exact) mass is 469 g/mol. The minimum absolute atomic E-state index is 0.0467. The number of aromatic nitrogens is 2. The number of amides is 1. The highest BCUT2D eigenvalue weighted by Gasteiger charge is 2.23. The number of piperazine rings is 1. The summed E-state index contributed by atoms with van der Waals surface area (Å²) in [5, 5.41) is 10.7. The van der Waals surface area contributed by atoms with Crippen molar-refractivity contribution in [2.75, 3.05) is 44.3 Å². The molecular formula is C24H32ClN7O. The molecule has 8 nitrogen and oxygen atoms in total. The maximum Gasteiger partial charge on any atom is 0.274 e. The molecule has 3 rings (SSSR count). The third-order valence-electron chi connectivity index (χ3n) is 5.48. The summed E-state index contributed by atoms with van der Waals surface area (Å²) >= 11 is 6.31. The van der Waals surface area contributed by atoms with Gasteiger partial charge in [-0.3, -0.25) is 9.69 Å². The first-order valence-corrected chi connectivity index (χ1v) is 11.8. The first-order chi connectivity index (χ1) is 15.9. The van der Waals surface area contributed by atoms with Crippen LogP contribution in [0, 0.1) is 17.2 Å². The van der Waals surface area contributed by atoms with Crippen molar-refractivity contribution < 1.29 is 4.79 Å². The molecule has 9 heteroatoms. The molecular weight excluding hydrogens is 438 g/mol. The average Bonchev–Trinajstić information content (AvgIpc) is 2.81. The van der Waals surface area contributed by atoms with Gasteiger partial charge in [0.05, 0.1) is 6.20 Å². The summed E-state index contributed by atoms with van der Waals surface area (Å²) in [5.41, 5.74) is 4.74. The van der Waals surface area contributed by atoms with Gasteiger partial charge in [-0.2, -0.15) is 10.2 Å². The molecule has 1 fully saturated rings. The van der Waals surface area contributed by atoms with E-state index in [9.17, 15) is 10.1 Å². The molecule has 0 atom stereocenters. The largest absolute Gasteiger partial charge is 0.301 e. The first kappa shape index (κ1) is 25.1. The van der Waals surface area contributed by atoms with Gasteiger partial charge in [-0.15, -0.1) is 0 Å². The number of hydrogen-bond acceptors (Lipinski definition) is 7. The van der Waals surface area contributed by atoms with Gasteiger partial charge in [-0.25, -0.2) is 15.4 Å². The second-order valence-electron chi connectivity index (χ2n) is 8.69. The van der Waals surface area contributed by atoms with Crippen molar-refractivity contribution in [1.29, 1.82) is 5.26 Å². The van der Waals surface area contributed by atoms with Crippen LogP contribution in [0.15, 0.2) is 30.5 Å². The molecule has 0 unspecified atom stereocenters. The highest BCUT2D eigenvalue weighted by Crippen LogP contribution is 2.23. The summed E-state index contributed by atoms with van der Waals surface area (Å²) in [6, 6.07) is 9.56. The molecule has 1 aliphatic rings. The molecule has 0 spiro atoms. The Bertz CT molecular complexity index is 983. The van der Waals surface area contributed by atoms with Crippen molar-refractivity contribution in [3.8, 4) is 6.07 Å². The molecule has 2 heterocycles. The van der Waals surface area contributed by atoms with Crippen molar-refractivity contribution in [1.82, 2.24) is 25.2 Å². The Hall–Kier alpha value is -2.57. The highest BCUT2D eigenvalue weighted by atomic mass is 35.5. The lowest BCUT2D eigenvalue weighted by Crippen LogP contribution is -2.46. The summed E-state index contributed by atoms with van der Waals surface area (Å²) in [6.07, 6.45) is 2.52.